The predicted octanol–water partition coefficient (Wildman–Crippen LogP) is 2.72. The second-order valence-electron chi connectivity index (χ2n) is 5.88. The van der Waals surface area contributed by atoms with Crippen molar-refractivity contribution in [3.8, 4) is 0 Å². The Kier molecular flexibility index (Phi) is 8.05. The number of hydrogen-bond acceptors (Lipinski definition) is 4. The van der Waals surface area contributed by atoms with Crippen LogP contribution in [0.4, 0.5) is 5.69 Å². The Bertz CT molecular complexity index is 702. The number of nitro groups is 1. The monoisotopic (exact) mass is 355 g/mol. The van der Waals surface area contributed by atoms with E-state index in [4.69, 9.17) is 0 Å². The highest BCUT2D eigenvalue weighted by molar-refractivity contribution is 5.79. The van der Waals surface area contributed by atoms with Crippen LogP contribution in [0.25, 0.3) is 0 Å². The Morgan fingerprint density at radius 3 is 2.50 bits per heavy atom. The molecule has 0 aliphatic heterocycles. The maximum Gasteiger partial charge on any atom is 0.269 e. The summed E-state index contributed by atoms with van der Waals surface area (Å²) in [5, 5.41) is 17.2. The zero-order chi connectivity index (χ0) is 18.6. The number of hydrogen-bond donors (Lipinski definition) is 2. The van der Waals surface area contributed by atoms with Crippen molar-refractivity contribution >= 4 is 11.6 Å². The van der Waals surface area contributed by atoms with Crippen LogP contribution < -0.4 is 10.6 Å². The fraction of sp³-hybridized carbons (Fsp3) is 0.368. The largest absolute Gasteiger partial charge is 0.356 e. The zero-order valence-electron chi connectivity index (χ0n) is 15.0. The van der Waals surface area contributed by atoms with Gasteiger partial charge >= 0.3 is 0 Å². The van der Waals surface area contributed by atoms with Crippen molar-refractivity contribution in [1.29, 1.82) is 0 Å². The molecule has 2 N–H and O–H groups in total. The summed E-state index contributed by atoms with van der Waals surface area (Å²) < 4.78 is 0. The molecular weight excluding hydrogens is 330 g/mol. The summed E-state index contributed by atoms with van der Waals surface area (Å²) in [4.78, 5) is 18.8. The molecule has 0 atom stereocenters. The molecule has 0 saturated carbocycles. The molecule has 0 aliphatic rings. The fourth-order valence-electron chi connectivity index (χ4n) is 2.52. The van der Waals surface area contributed by atoms with E-state index in [-0.39, 0.29) is 10.6 Å². The number of pyridine rings is 1. The van der Waals surface area contributed by atoms with Crippen molar-refractivity contribution in [2.75, 3.05) is 20.1 Å². The molecule has 1 aromatic heterocycles. The molecule has 2 aromatic rings. The van der Waals surface area contributed by atoms with Gasteiger partial charge in [0.05, 0.1) is 4.92 Å². The molecule has 26 heavy (non-hydrogen) atoms. The van der Waals surface area contributed by atoms with Gasteiger partial charge in [0.1, 0.15) is 0 Å². The van der Waals surface area contributed by atoms with Gasteiger partial charge in [-0.2, -0.15) is 0 Å². The lowest BCUT2D eigenvalue weighted by Crippen LogP contribution is -2.38. The Labute approximate surface area is 153 Å². The lowest BCUT2D eigenvalue weighted by Gasteiger charge is -2.11. The first kappa shape index (κ1) is 19.4. The average Bonchev–Trinajstić information content (AvgIpc) is 2.67. The van der Waals surface area contributed by atoms with Crippen LogP contribution in [0, 0.1) is 10.1 Å². The van der Waals surface area contributed by atoms with E-state index in [1.54, 1.807) is 25.4 Å². The van der Waals surface area contributed by atoms with Gasteiger partial charge in [0.15, 0.2) is 5.96 Å². The number of unbranched alkanes of at least 4 members (excludes halogenated alkanes) is 1. The number of nitrogens with one attached hydrogen (secondary N) is 2. The van der Waals surface area contributed by atoms with Crippen molar-refractivity contribution in [2.24, 2.45) is 4.99 Å². The van der Waals surface area contributed by atoms with Gasteiger partial charge in [-0.3, -0.25) is 20.1 Å². The van der Waals surface area contributed by atoms with E-state index in [1.165, 1.54) is 0 Å². The van der Waals surface area contributed by atoms with Crippen molar-refractivity contribution < 1.29 is 4.92 Å². The van der Waals surface area contributed by atoms with Crippen LogP contribution in [0.1, 0.15) is 24.1 Å². The second kappa shape index (κ2) is 10.8. The lowest BCUT2D eigenvalue weighted by molar-refractivity contribution is -0.384. The van der Waals surface area contributed by atoms with Crippen molar-refractivity contribution in [3.05, 3.63) is 70.0 Å². The number of benzene rings is 1. The normalized spacial score (nSPS) is 11.2. The Morgan fingerprint density at radius 1 is 1.08 bits per heavy atom. The Morgan fingerprint density at radius 2 is 1.85 bits per heavy atom. The SMILES string of the molecule is CN=C(NCCCCc1ccc([N+](=O)[O-])cc1)NCCc1ccccn1. The predicted molar refractivity (Wildman–Crippen MR) is 103 cm³/mol. The minimum atomic E-state index is -0.375. The molecule has 1 heterocycles. The van der Waals surface area contributed by atoms with Gasteiger partial charge in [0.25, 0.3) is 5.69 Å². The lowest BCUT2D eigenvalue weighted by atomic mass is 10.1. The van der Waals surface area contributed by atoms with Gasteiger partial charge in [0, 0.05) is 50.6 Å². The summed E-state index contributed by atoms with van der Waals surface area (Å²) >= 11 is 0. The minimum absolute atomic E-state index is 0.135. The maximum atomic E-state index is 10.6. The standard InChI is InChI=1S/C19H25N5O2/c1-20-19(23-15-12-17-7-3-5-13-21-17)22-14-4-2-6-16-8-10-18(11-9-16)24(25)26/h3,5,7-11,13H,2,4,6,12,14-15H2,1H3,(H2,20,22,23). The van der Waals surface area contributed by atoms with Gasteiger partial charge in [-0.25, -0.2) is 0 Å². The summed E-state index contributed by atoms with van der Waals surface area (Å²) in [6.45, 7) is 1.61. The van der Waals surface area contributed by atoms with Crippen LogP contribution in [0.15, 0.2) is 53.7 Å². The van der Waals surface area contributed by atoms with E-state index in [0.29, 0.717) is 0 Å². The molecule has 2 rings (SSSR count). The quantitative estimate of drug-likeness (QED) is 0.237. The number of nitro benzene ring substituents is 1. The third-order valence-electron chi connectivity index (χ3n) is 3.96. The highest BCUT2D eigenvalue weighted by Gasteiger charge is 2.04. The Hall–Kier alpha value is -2.96. The summed E-state index contributed by atoms with van der Waals surface area (Å²) in [6.07, 6.45) is 5.56. The third-order valence-corrected chi connectivity index (χ3v) is 3.96. The first-order valence-electron chi connectivity index (χ1n) is 8.77. The average molecular weight is 355 g/mol. The van der Waals surface area contributed by atoms with Crippen LogP contribution in [-0.2, 0) is 12.8 Å². The summed E-state index contributed by atoms with van der Waals surface area (Å²) in [6, 6.07) is 12.7. The number of guanidine groups is 1. The van der Waals surface area contributed by atoms with Gasteiger partial charge < -0.3 is 10.6 Å². The molecule has 0 bridgehead atoms. The maximum absolute atomic E-state index is 10.6. The van der Waals surface area contributed by atoms with E-state index in [2.05, 4.69) is 20.6 Å². The molecule has 1 aromatic carbocycles. The molecule has 7 nitrogen and oxygen atoms in total. The number of aryl methyl sites for hydroxylation is 1. The van der Waals surface area contributed by atoms with E-state index in [0.717, 1.165) is 56.0 Å². The topological polar surface area (TPSA) is 92.5 Å². The Balaban J connectivity index is 1.59. The smallest absolute Gasteiger partial charge is 0.269 e. The van der Waals surface area contributed by atoms with Crippen molar-refractivity contribution in [1.82, 2.24) is 15.6 Å². The van der Waals surface area contributed by atoms with Gasteiger partial charge in [-0.15, -0.1) is 0 Å². The van der Waals surface area contributed by atoms with Gasteiger partial charge in [0.2, 0.25) is 0 Å². The number of aliphatic imine (C=N–C) groups is 1. The zero-order valence-corrected chi connectivity index (χ0v) is 15.0. The molecule has 0 fully saturated rings. The highest BCUT2D eigenvalue weighted by Crippen LogP contribution is 2.13. The number of rotatable bonds is 9. The number of aromatic nitrogens is 1. The first-order valence-corrected chi connectivity index (χ1v) is 8.77. The van der Waals surface area contributed by atoms with E-state index in [1.807, 2.05) is 30.3 Å². The van der Waals surface area contributed by atoms with Crippen LogP contribution in [0.2, 0.25) is 0 Å². The van der Waals surface area contributed by atoms with Crippen LogP contribution in [-0.4, -0.2) is 36.0 Å². The molecule has 0 spiro atoms. The molecular formula is C19H25N5O2. The summed E-state index contributed by atoms with van der Waals surface area (Å²) in [5.41, 5.74) is 2.31. The third kappa shape index (κ3) is 6.88. The van der Waals surface area contributed by atoms with Crippen LogP contribution in [0.5, 0.6) is 0 Å². The summed E-state index contributed by atoms with van der Waals surface area (Å²) in [5.74, 6) is 0.788. The van der Waals surface area contributed by atoms with Gasteiger partial charge in [-0.1, -0.05) is 18.2 Å². The summed E-state index contributed by atoms with van der Waals surface area (Å²) in [7, 11) is 1.76. The second-order valence-corrected chi connectivity index (χ2v) is 5.88. The van der Waals surface area contributed by atoms with E-state index in [9.17, 15) is 10.1 Å². The van der Waals surface area contributed by atoms with Crippen molar-refractivity contribution in [3.63, 3.8) is 0 Å². The molecule has 138 valence electrons. The van der Waals surface area contributed by atoms with Crippen molar-refractivity contribution in [2.45, 2.75) is 25.7 Å². The molecule has 0 amide bonds. The highest BCUT2D eigenvalue weighted by atomic mass is 16.6. The number of nitrogens with zero attached hydrogens (tertiary/aromatic N) is 3. The van der Waals surface area contributed by atoms with Crippen LogP contribution in [0.3, 0.4) is 0 Å². The number of non-ortho nitro benzene ring substituents is 1. The molecule has 0 saturated heterocycles. The molecule has 7 heteroatoms. The van der Waals surface area contributed by atoms with Gasteiger partial charge in [-0.05, 0) is 37.0 Å². The van der Waals surface area contributed by atoms with E-state index >= 15 is 0 Å². The fourth-order valence-corrected chi connectivity index (χ4v) is 2.52. The van der Waals surface area contributed by atoms with Crippen LogP contribution >= 0.6 is 0 Å². The molecule has 0 aliphatic carbocycles. The first-order chi connectivity index (χ1) is 12.7. The molecule has 0 unspecified atom stereocenters. The van der Waals surface area contributed by atoms with E-state index < -0.39 is 0 Å². The minimum Gasteiger partial charge on any atom is -0.356 e. The molecule has 0 radical (unpaired) electrons.